The number of carbonyl (C=O) groups excluding carboxylic acids is 1. The minimum absolute atomic E-state index is 0.180. The first-order chi connectivity index (χ1) is 13.1. The highest BCUT2D eigenvalue weighted by Gasteiger charge is 2.17. The molecule has 0 spiro atoms. The lowest BCUT2D eigenvalue weighted by Crippen LogP contribution is -2.33. The molecule has 0 saturated carbocycles. The van der Waals surface area contributed by atoms with E-state index < -0.39 is 0 Å². The molecule has 1 aromatic carbocycles. The molecule has 140 valence electrons. The number of hydrogen-bond donors (Lipinski definition) is 2. The van der Waals surface area contributed by atoms with Crippen molar-refractivity contribution in [2.24, 2.45) is 5.92 Å². The molecule has 1 saturated heterocycles. The van der Waals surface area contributed by atoms with Gasteiger partial charge in [0.15, 0.2) is 5.69 Å². The molecule has 3 heterocycles. The predicted octanol–water partition coefficient (Wildman–Crippen LogP) is 3.43. The number of piperidine rings is 1. The zero-order chi connectivity index (χ0) is 18.8. The number of carbonyl (C=O) groups is 1. The Morgan fingerprint density at radius 2 is 2.07 bits per heavy atom. The van der Waals surface area contributed by atoms with Crippen LogP contribution in [0.1, 0.15) is 41.4 Å². The first kappa shape index (κ1) is 17.5. The van der Waals surface area contributed by atoms with Crippen molar-refractivity contribution >= 4 is 22.6 Å². The lowest BCUT2D eigenvalue weighted by Gasteiger charge is -2.31. The zero-order valence-corrected chi connectivity index (χ0v) is 15.8. The molecule has 1 fully saturated rings. The Morgan fingerprint density at radius 3 is 2.81 bits per heavy atom. The van der Waals surface area contributed by atoms with Crippen LogP contribution in [0.25, 0.3) is 10.9 Å². The maximum absolute atomic E-state index is 12.5. The molecule has 6 heteroatoms. The van der Waals surface area contributed by atoms with E-state index in [1.54, 1.807) is 0 Å². The number of nitrogens with one attached hydrogen (secondary N) is 2. The van der Waals surface area contributed by atoms with E-state index in [0.717, 1.165) is 46.9 Å². The standard InChI is InChI=1S/C21H25N5O/c1-14-7-9-26(10-8-14)19-6-4-16(12-22-19)13-23-21(27)20-17-11-15(2)3-5-18(17)24-25-20/h3-6,11-12,14H,7-10,13H2,1-2H3,(H,23,27)(H,24,25). The number of aryl methyl sites for hydroxylation is 1. The van der Waals surface area contributed by atoms with Gasteiger partial charge in [-0.15, -0.1) is 0 Å². The number of amides is 1. The number of benzene rings is 1. The van der Waals surface area contributed by atoms with Gasteiger partial charge in [-0.05, 0) is 49.4 Å². The van der Waals surface area contributed by atoms with Crippen molar-refractivity contribution in [3.8, 4) is 0 Å². The highest BCUT2D eigenvalue weighted by atomic mass is 16.1. The van der Waals surface area contributed by atoms with Crippen LogP contribution in [0.15, 0.2) is 36.5 Å². The predicted molar refractivity (Wildman–Crippen MR) is 107 cm³/mol. The molecule has 27 heavy (non-hydrogen) atoms. The van der Waals surface area contributed by atoms with Gasteiger partial charge in [-0.25, -0.2) is 4.98 Å². The lowest BCUT2D eigenvalue weighted by atomic mass is 9.99. The van der Waals surface area contributed by atoms with Crippen LogP contribution in [0, 0.1) is 12.8 Å². The number of rotatable bonds is 4. The Bertz CT molecular complexity index is 939. The molecule has 4 rings (SSSR count). The molecular formula is C21H25N5O. The SMILES string of the molecule is Cc1ccc2[nH]nc(C(=O)NCc3ccc(N4CCC(C)CC4)nc3)c2c1. The smallest absolute Gasteiger partial charge is 0.272 e. The van der Waals surface area contributed by atoms with Crippen LogP contribution >= 0.6 is 0 Å². The summed E-state index contributed by atoms with van der Waals surface area (Å²) in [5, 5.41) is 10.9. The topological polar surface area (TPSA) is 73.9 Å². The van der Waals surface area contributed by atoms with Crippen molar-refractivity contribution in [2.75, 3.05) is 18.0 Å². The van der Waals surface area contributed by atoms with Crippen molar-refractivity contribution in [2.45, 2.75) is 33.2 Å². The molecule has 1 aliphatic heterocycles. The summed E-state index contributed by atoms with van der Waals surface area (Å²) in [6.45, 7) is 6.87. The fourth-order valence-electron chi connectivity index (χ4n) is 3.51. The van der Waals surface area contributed by atoms with E-state index in [0.29, 0.717) is 12.2 Å². The van der Waals surface area contributed by atoms with Gasteiger partial charge in [-0.2, -0.15) is 5.10 Å². The second-order valence-corrected chi connectivity index (χ2v) is 7.50. The Hall–Kier alpha value is -2.89. The number of nitrogens with zero attached hydrogens (tertiary/aromatic N) is 3. The molecule has 3 aromatic rings. The molecule has 2 aromatic heterocycles. The summed E-state index contributed by atoms with van der Waals surface area (Å²) in [4.78, 5) is 19.4. The quantitative estimate of drug-likeness (QED) is 0.745. The van der Waals surface area contributed by atoms with Crippen LogP contribution < -0.4 is 10.2 Å². The third kappa shape index (κ3) is 3.79. The second-order valence-electron chi connectivity index (χ2n) is 7.50. The van der Waals surface area contributed by atoms with E-state index in [-0.39, 0.29) is 5.91 Å². The molecule has 0 aliphatic carbocycles. The van der Waals surface area contributed by atoms with E-state index in [9.17, 15) is 4.79 Å². The van der Waals surface area contributed by atoms with Gasteiger partial charge < -0.3 is 10.2 Å². The maximum atomic E-state index is 12.5. The van der Waals surface area contributed by atoms with Crippen LogP contribution in [-0.2, 0) is 6.54 Å². The van der Waals surface area contributed by atoms with Gasteiger partial charge >= 0.3 is 0 Å². The molecule has 2 N–H and O–H groups in total. The summed E-state index contributed by atoms with van der Waals surface area (Å²) in [6.07, 6.45) is 4.29. The number of anilines is 1. The highest BCUT2D eigenvalue weighted by Crippen LogP contribution is 2.21. The lowest BCUT2D eigenvalue weighted by molar-refractivity contribution is 0.0947. The molecule has 0 atom stereocenters. The van der Waals surface area contributed by atoms with Crippen LogP contribution in [0.2, 0.25) is 0 Å². The third-order valence-electron chi connectivity index (χ3n) is 5.30. The van der Waals surface area contributed by atoms with Crippen LogP contribution in [0.5, 0.6) is 0 Å². The summed E-state index contributed by atoms with van der Waals surface area (Å²) in [5.41, 5.74) is 3.38. The normalized spacial score (nSPS) is 15.3. The molecule has 1 aliphatic rings. The van der Waals surface area contributed by atoms with Crippen LogP contribution in [0.4, 0.5) is 5.82 Å². The Balaban J connectivity index is 1.39. The van der Waals surface area contributed by atoms with E-state index in [4.69, 9.17) is 0 Å². The number of fused-ring (bicyclic) bond motifs is 1. The largest absolute Gasteiger partial charge is 0.357 e. The molecular weight excluding hydrogens is 338 g/mol. The van der Waals surface area contributed by atoms with Crippen LogP contribution in [0.3, 0.4) is 0 Å². The number of hydrogen-bond acceptors (Lipinski definition) is 4. The summed E-state index contributed by atoms with van der Waals surface area (Å²) < 4.78 is 0. The first-order valence-electron chi connectivity index (χ1n) is 9.53. The zero-order valence-electron chi connectivity index (χ0n) is 15.8. The van der Waals surface area contributed by atoms with Crippen LogP contribution in [-0.4, -0.2) is 34.2 Å². The molecule has 0 unspecified atom stereocenters. The monoisotopic (exact) mass is 363 g/mol. The maximum Gasteiger partial charge on any atom is 0.272 e. The number of aromatic amines is 1. The van der Waals surface area contributed by atoms with Gasteiger partial charge in [-0.3, -0.25) is 9.89 Å². The first-order valence-corrected chi connectivity index (χ1v) is 9.53. The second kappa shape index (κ2) is 7.39. The third-order valence-corrected chi connectivity index (χ3v) is 5.30. The fraction of sp³-hybridized carbons (Fsp3) is 0.381. The van der Waals surface area contributed by atoms with E-state index in [1.807, 2.05) is 43.5 Å². The van der Waals surface area contributed by atoms with Gasteiger partial charge in [0.2, 0.25) is 0 Å². The summed E-state index contributed by atoms with van der Waals surface area (Å²) in [6, 6.07) is 10.00. The fourth-order valence-corrected chi connectivity index (χ4v) is 3.51. The van der Waals surface area contributed by atoms with Crippen molar-refractivity contribution < 1.29 is 4.79 Å². The average molecular weight is 363 g/mol. The Kier molecular flexibility index (Phi) is 4.79. The minimum Gasteiger partial charge on any atom is -0.357 e. The summed E-state index contributed by atoms with van der Waals surface area (Å²) in [7, 11) is 0. The van der Waals surface area contributed by atoms with E-state index >= 15 is 0 Å². The van der Waals surface area contributed by atoms with E-state index in [2.05, 4.69) is 32.3 Å². The Morgan fingerprint density at radius 1 is 1.26 bits per heavy atom. The number of H-pyrrole nitrogens is 1. The van der Waals surface area contributed by atoms with E-state index in [1.165, 1.54) is 12.8 Å². The highest BCUT2D eigenvalue weighted by molar-refractivity contribution is 6.04. The molecule has 0 bridgehead atoms. The van der Waals surface area contributed by atoms with Gasteiger partial charge in [-0.1, -0.05) is 24.6 Å². The number of aromatic nitrogens is 3. The van der Waals surface area contributed by atoms with Gasteiger partial charge in [0.1, 0.15) is 5.82 Å². The van der Waals surface area contributed by atoms with Crippen molar-refractivity contribution in [1.82, 2.24) is 20.5 Å². The number of pyridine rings is 1. The van der Waals surface area contributed by atoms with Crippen molar-refractivity contribution in [1.29, 1.82) is 0 Å². The average Bonchev–Trinajstić information content (AvgIpc) is 3.10. The van der Waals surface area contributed by atoms with Gasteiger partial charge in [0, 0.05) is 31.2 Å². The van der Waals surface area contributed by atoms with Gasteiger partial charge in [0.25, 0.3) is 5.91 Å². The Labute approximate surface area is 159 Å². The molecule has 6 nitrogen and oxygen atoms in total. The summed E-state index contributed by atoms with van der Waals surface area (Å²) in [5.74, 6) is 1.64. The van der Waals surface area contributed by atoms with Gasteiger partial charge in [0.05, 0.1) is 5.52 Å². The summed E-state index contributed by atoms with van der Waals surface area (Å²) >= 11 is 0. The van der Waals surface area contributed by atoms with Crippen molar-refractivity contribution in [3.05, 3.63) is 53.3 Å². The molecule has 1 amide bonds. The van der Waals surface area contributed by atoms with Crippen molar-refractivity contribution in [3.63, 3.8) is 0 Å². The molecule has 0 radical (unpaired) electrons. The minimum atomic E-state index is -0.180.